The summed E-state index contributed by atoms with van der Waals surface area (Å²) < 4.78 is 2.73. The zero-order chi connectivity index (χ0) is 14.9. The van der Waals surface area contributed by atoms with Gasteiger partial charge in [0, 0.05) is 16.6 Å². The highest BCUT2D eigenvalue weighted by Gasteiger charge is 2.12. The van der Waals surface area contributed by atoms with E-state index in [9.17, 15) is 0 Å². The van der Waals surface area contributed by atoms with Crippen molar-refractivity contribution in [2.75, 3.05) is 0 Å². The fourth-order valence-electron chi connectivity index (χ4n) is 2.08. The average molecular weight is 325 g/mol. The zero-order valence-electron chi connectivity index (χ0n) is 11.7. The van der Waals surface area contributed by atoms with E-state index in [4.69, 9.17) is 0 Å². The van der Waals surface area contributed by atoms with Gasteiger partial charge in [-0.05, 0) is 24.8 Å². The number of hydrogen-bond acceptors (Lipinski definition) is 6. The molecule has 108 valence electrons. The Morgan fingerprint density at radius 1 is 1.14 bits per heavy atom. The van der Waals surface area contributed by atoms with Crippen LogP contribution >= 0.6 is 23.1 Å². The summed E-state index contributed by atoms with van der Waals surface area (Å²) in [6.07, 6.45) is 1.52. The van der Waals surface area contributed by atoms with Crippen LogP contribution in [0.5, 0.6) is 0 Å². The fraction of sp³-hybridized carbons (Fsp3) is 0.0667. The molecule has 0 bridgehead atoms. The molecular weight excluding hydrogens is 314 g/mol. The second-order valence-corrected chi connectivity index (χ2v) is 6.80. The van der Waals surface area contributed by atoms with E-state index >= 15 is 0 Å². The zero-order valence-corrected chi connectivity index (χ0v) is 13.3. The molecule has 0 saturated carbocycles. The van der Waals surface area contributed by atoms with Gasteiger partial charge in [0.25, 0.3) is 5.78 Å². The van der Waals surface area contributed by atoms with Crippen molar-refractivity contribution in [3.8, 4) is 11.3 Å². The lowest BCUT2D eigenvalue weighted by atomic mass is 10.1. The van der Waals surface area contributed by atoms with Crippen molar-refractivity contribution in [1.82, 2.24) is 24.6 Å². The van der Waals surface area contributed by atoms with Gasteiger partial charge in [-0.1, -0.05) is 30.3 Å². The number of aryl methyl sites for hydroxylation is 1. The van der Waals surface area contributed by atoms with Crippen LogP contribution in [0.3, 0.4) is 0 Å². The third kappa shape index (κ3) is 2.49. The van der Waals surface area contributed by atoms with E-state index in [0.29, 0.717) is 5.78 Å². The van der Waals surface area contributed by atoms with Crippen molar-refractivity contribution in [1.29, 1.82) is 0 Å². The summed E-state index contributed by atoms with van der Waals surface area (Å²) in [6.45, 7) is 1.99. The van der Waals surface area contributed by atoms with Crippen molar-refractivity contribution < 1.29 is 0 Å². The lowest BCUT2D eigenvalue weighted by Gasteiger charge is -2.05. The minimum absolute atomic E-state index is 0.595. The van der Waals surface area contributed by atoms with Gasteiger partial charge < -0.3 is 0 Å². The van der Waals surface area contributed by atoms with Crippen LogP contribution in [-0.2, 0) is 0 Å². The lowest BCUT2D eigenvalue weighted by molar-refractivity contribution is 0.844. The summed E-state index contributed by atoms with van der Waals surface area (Å²) in [7, 11) is 0. The number of nitrogens with zero attached hydrogens (tertiary/aromatic N) is 5. The summed E-state index contributed by atoms with van der Waals surface area (Å²) in [5, 5.41) is 7.25. The maximum Gasteiger partial charge on any atom is 0.253 e. The first-order valence-corrected chi connectivity index (χ1v) is 8.35. The van der Waals surface area contributed by atoms with Crippen LogP contribution in [0, 0.1) is 6.92 Å². The summed E-state index contributed by atoms with van der Waals surface area (Å²) in [5.74, 6) is 0.595. The number of benzene rings is 1. The number of rotatable bonds is 3. The number of hydrogen-bond donors (Lipinski definition) is 0. The molecular formula is C15H11N5S2. The van der Waals surface area contributed by atoms with Crippen LogP contribution in [-0.4, -0.2) is 24.6 Å². The van der Waals surface area contributed by atoms with E-state index in [0.717, 1.165) is 26.3 Å². The molecule has 0 atom stereocenters. The molecule has 22 heavy (non-hydrogen) atoms. The normalized spacial score (nSPS) is 11.1. The van der Waals surface area contributed by atoms with Gasteiger partial charge in [0.1, 0.15) is 11.4 Å². The number of fused-ring (bicyclic) bond motifs is 1. The molecule has 4 aromatic rings. The molecule has 0 aliphatic carbocycles. The molecule has 0 aliphatic heterocycles. The monoisotopic (exact) mass is 325 g/mol. The Labute approximate surface area is 135 Å². The molecule has 0 unspecified atom stereocenters. The molecule has 7 heteroatoms. The highest BCUT2D eigenvalue weighted by molar-refractivity contribution is 8.01. The fourth-order valence-corrected chi connectivity index (χ4v) is 3.95. The van der Waals surface area contributed by atoms with Gasteiger partial charge in [-0.3, -0.25) is 0 Å². The van der Waals surface area contributed by atoms with Crippen LogP contribution in [0.15, 0.2) is 57.5 Å². The Hall–Kier alpha value is -2.25. The quantitative estimate of drug-likeness (QED) is 0.538. The maximum absolute atomic E-state index is 4.57. The van der Waals surface area contributed by atoms with Crippen LogP contribution < -0.4 is 0 Å². The molecule has 0 aliphatic rings. The molecule has 1 aromatic carbocycles. The Balaban J connectivity index is 1.84. The number of thiazole rings is 1. The van der Waals surface area contributed by atoms with Gasteiger partial charge in [0.05, 0.1) is 5.69 Å². The van der Waals surface area contributed by atoms with Gasteiger partial charge in [-0.25, -0.2) is 9.97 Å². The highest BCUT2D eigenvalue weighted by Crippen LogP contribution is 2.32. The first-order valence-electron chi connectivity index (χ1n) is 6.66. The first-order chi connectivity index (χ1) is 10.8. The molecule has 0 spiro atoms. The molecule has 0 amide bonds. The Morgan fingerprint density at radius 3 is 2.77 bits per heavy atom. The minimum atomic E-state index is 0.595. The van der Waals surface area contributed by atoms with Crippen molar-refractivity contribution in [3.05, 3.63) is 53.8 Å². The summed E-state index contributed by atoms with van der Waals surface area (Å²) >= 11 is 3.21. The van der Waals surface area contributed by atoms with Crippen molar-refractivity contribution in [3.63, 3.8) is 0 Å². The second kappa shape index (κ2) is 5.51. The van der Waals surface area contributed by atoms with Crippen LogP contribution in [0.2, 0.25) is 0 Å². The first kappa shape index (κ1) is 13.4. The second-order valence-electron chi connectivity index (χ2n) is 4.67. The molecule has 3 aromatic heterocycles. The van der Waals surface area contributed by atoms with Crippen molar-refractivity contribution in [2.24, 2.45) is 0 Å². The predicted octanol–water partition coefficient (Wildman–Crippen LogP) is 3.71. The van der Waals surface area contributed by atoms with E-state index in [1.165, 1.54) is 6.33 Å². The smallest absolute Gasteiger partial charge is 0.235 e. The lowest BCUT2D eigenvalue weighted by Crippen LogP contribution is -1.97. The van der Waals surface area contributed by atoms with Gasteiger partial charge in [-0.2, -0.15) is 14.6 Å². The van der Waals surface area contributed by atoms with E-state index in [1.807, 2.05) is 48.7 Å². The largest absolute Gasteiger partial charge is 0.253 e. The third-order valence-electron chi connectivity index (χ3n) is 3.08. The summed E-state index contributed by atoms with van der Waals surface area (Å²) in [6, 6.07) is 12.1. The SMILES string of the molecule is Cc1csc(Sc2cc(-c3ccccc3)nc3ncnn23)n1. The predicted molar refractivity (Wildman–Crippen MR) is 87.2 cm³/mol. The number of aromatic nitrogens is 5. The molecule has 0 radical (unpaired) electrons. The average Bonchev–Trinajstić information content (AvgIpc) is 3.17. The summed E-state index contributed by atoms with van der Waals surface area (Å²) in [5.41, 5.74) is 2.97. The Morgan fingerprint density at radius 2 is 2.00 bits per heavy atom. The van der Waals surface area contributed by atoms with Crippen LogP contribution in [0.4, 0.5) is 0 Å². The highest BCUT2D eigenvalue weighted by atomic mass is 32.2. The Bertz CT molecular complexity index is 929. The molecule has 0 saturated heterocycles. The van der Waals surface area contributed by atoms with Gasteiger partial charge in [-0.15, -0.1) is 11.3 Å². The van der Waals surface area contributed by atoms with E-state index in [-0.39, 0.29) is 0 Å². The van der Waals surface area contributed by atoms with Crippen molar-refractivity contribution >= 4 is 28.9 Å². The van der Waals surface area contributed by atoms with Gasteiger partial charge in [0.2, 0.25) is 0 Å². The molecule has 3 heterocycles. The van der Waals surface area contributed by atoms with Crippen LogP contribution in [0.1, 0.15) is 5.69 Å². The van der Waals surface area contributed by atoms with Crippen LogP contribution in [0.25, 0.3) is 17.0 Å². The topological polar surface area (TPSA) is 56.0 Å². The van der Waals surface area contributed by atoms with E-state index in [2.05, 4.69) is 20.1 Å². The maximum atomic E-state index is 4.57. The Kier molecular flexibility index (Phi) is 3.36. The minimum Gasteiger partial charge on any atom is -0.235 e. The van der Waals surface area contributed by atoms with E-state index < -0.39 is 0 Å². The van der Waals surface area contributed by atoms with Gasteiger partial charge in [0.15, 0.2) is 4.34 Å². The molecule has 0 N–H and O–H groups in total. The van der Waals surface area contributed by atoms with Gasteiger partial charge >= 0.3 is 0 Å². The summed E-state index contributed by atoms with van der Waals surface area (Å²) in [4.78, 5) is 13.3. The van der Waals surface area contributed by atoms with E-state index in [1.54, 1.807) is 27.6 Å². The molecule has 4 rings (SSSR count). The standard InChI is InChI=1S/C15H11N5S2/c1-10-8-21-15(18-10)22-13-7-12(11-5-3-2-4-6-11)19-14-16-9-17-20(13)14/h2-9H,1H3. The molecule has 5 nitrogen and oxygen atoms in total. The van der Waals surface area contributed by atoms with Crippen molar-refractivity contribution in [2.45, 2.75) is 16.3 Å². The third-order valence-corrected chi connectivity index (χ3v) is 5.13. The molecule has 0 fully saturated rings.